The molecular formula is C21H21ClN2O4. The summed E-state index contributed by atoms with van der Waals surface area (Å²) in [6.45, 7) is 0. The summed E-state index contributed by atoms with van der Waals surface area (Å²) in [6, 6.07) is 13.0. The lowest BCUT2D eigenvalue weighted by molar-refractivity contribution is -0.141. The van der Waals surface area contributed by atoms with E-state index in [4.69, 9.17) is 16.3 Å². The van der Waals surface area contributed by atoms with Gasteiger partial charge < -0.3 is 15.4 Å². The number of esters is 1. The van der Waals surface area contributed by atoms with Gasteiger partial charge in [0.2, 0.25) is 5.91 Å². The molecule has 1 aliphatic carbocycles. The molecule has 7 heteroatoms. The topological polar surface area (TPSA) is 84.5 Å². The summed E-state index contributed by atoms with van der Waals surface area (Å²) in [5.74, 6) is -0.637. The van der Waals surface area contributed by atoms with Crippen molar-refractivity contribution in [3.05, 3.63) is 64.7 Å². The Labute approximate surface area is 168 Å². The molecule has 2 aromatic carbocycles. The summed E-state index contributed by atoms with van der Waals surface area (Å²) in [4.78, 5) is 36.2. The highest BCUT2D eigenvalue weighted by molar-refractivity contribution is 6.30. The molecule has 1 atom stereocenters. The van der Waals surface area contributed by atoms with Crippen molar-refractivity contribution in [2.24, 2.45) is 5.92 Å². The fraction of sp³-hybridized carbons (Fsp3) is 0.286. The molecule has 1 unspecified atom stereocenters. The molecule has 1 aliphatic rings. The van der Waals surface area contributed by atoms with E-state index in [1.54, 1.807) is 48.5 Å². The third-order valence-electron chi connectivity index (χ3n) is 4.54. The van der Waals surface area contributed by atoms with Crippen molar-refractivity contribution in [1.29, 1.82) is 0 Å². The Balaban J connectivity index is 1.68. The zero-order valence-electron chi connectivity index (χ0n) is 15.4. The lowest BCUT2D eigenvalue weighted by atomic mass is 10.0. The molecule has 0 heterocycles. The average molecular weight is 401 g/mol. The Kier molecular flexibility index (Phi) is 6.31. The maximum absolute atomic E-state index is 12.6. The van der Waals surface area contributed by atoms with Crippen molar-refractivity contribution in [3.63, 3.8) is 0 Å². The van der Waals surface area contributed by atoms with E-state index in [1.807, 2.05) is 0 Å². The zero-order chi connectivity index (χ0) is 20.1. The van der Waals surface area contributed by atoms with E-state index in [0.717, 1.165) is 18.4 Å². The van der Waals surface area contributed by atoms with Gasteiger partial charge in [0, 0.05) is 22.2 Å². The molecular weight excluding hydrogens is 380 g/mol. The Bertz CT molecular complexity index is 861. The number of hydrogen-bond acceptors (Lipinski definition) is 4. The van der Waals surface area contributed by atoms with Crippen molar-refractivity contribution < 1.29 is 19.1 Å². The summed E-state index contributed by atoms with van der Waals surface area (Å²) >= 11 is 5.92. The second kappa shape index (κ2) is 8.89. The molecule has 3 rings (SSSR count). The molecule has 2 N–H and O–H groups in total. The smallest absolute Gasteiger partial charge is 0.307 e. The number of rotatable bonds is 7. The first-order valence-corrected chi connectivity index (χ1v) is 9.38. The van der Waals surface area contributed by atoms with Gasteiger partial charge in [0.15, 0.2) is 0 Å². The lowest BCUT2D eigenvalue weighted by Crippen LogP contribution is -2.30. The van der Waals surface area contributed by atoms with E-state index in [0.29, 0.717) is 16.3 Å². The average Bonchev–Trinajstić information content (AvgIpc) is 3.54. The first-order valence-electron chi connectivity index (χ1n) is 9.00. The third kappa shape index (κ3) is 5.33. The van der Waals surface area contributed by atoms with Crippen LogP contribution in [0.15, 0.2) is 48.5 Å². The number of amides is 2. The Morgan fingerprint density at radius 2 is 1.71 bits per heavy atom. The van der Waals surface area contributed by atoms with Gasteiger partial charge in [-0.1, -0.05) is 23.7 Å². The summed E-state index contributed by atoms with van der Waals surface area (Å²) in [6.07, 6.45) is 1.86. The summed E-state index contributed by atoms with van der Waals surface area (Å²) < 4.78 is 4.73. The van der Waals surface area contributed by atoms with E-state index in [9.17, 15) is 14.4 Å². The molecule has 0 radical (unpaired) electrons. The number of halogens is 1. The minimum atomic E-state index is -0.550. The maximum Gasteiger partial charge on any atom is 0.307 e. The normalized spacial score (nSPS) is 14.1. The van der Waals surface area contributed by atoms with E-state index in [2.05, 4.69) is 10.6 Å². The fourth-order valence-corrected chi connectivity index (χ4v) is 2.86. The number of anilines is 1. The quantitative estimate of drug-likeness (QED) is 0.693. The number of carbonyl (C=O) groups excluding carboxylic acids is 3. The van der Waals surface area contributed by atoms with Gasteiger partial charge in [-0.15, -0.1) is 0 Å². The van der Waals surface area contributed by atoms with E-state index in [1.165, 1.54) is 7.11 Å². The van der Waals surface area contributed by atoms with Crippen LogP contribution in [0.4, 0.5) is 5.69 Å². The Hall–Kier alpha value is -2.86. The highest BCUT2D eigenvalue weighted by Gasteiger charge is 2.29. The molecule has 0 spiro atoms. The van der Waals surface area contributed by atoms with Crippen LogP contribution in [0.2, 0.25) is 5.02 Å². The molecule has 1 saturated carbocycles. The predicted octanol–water partition coefficient (Wildman–Crippen LogP) is 3.72. The molecule has 0 saturated heterocycles. The predicted molar refractivity (Wildman–Crippen MR) is 106 cm³/mol. The van der Waals surface area contributed by atoms with Gasteiger partial charge in [-0.05, 0) is 54.8 Å². The minimum Gasteiger partial charge on any atom is -0.469 e. The van der Waals surface area contributed by atoms with Crippen LogP contribution >= 0.6 is 11.6 Å². The van der Waals surface area contributed by atoms with E-state index < -0.39 is 12.0 Å². The second-order valence-electron chi connectivity index (χ2n) is 6.70. The van der Waals surface area contributed by atoms with Crippen LogP contribution in [0.5, 0.6) is 0 Å². The van der Waals surface area contributed by atoms with Crippen LogP contribution in [0.3, 0.4) is 0 Å². The molecule has 0 aliphatic heterocycles. The monoisotopic (exact) mass is 400 g/mol. The van der Waals surface area contributed by atoms with Crippen molar-refractivity contribution in [2.45, 2.75) is 25.3 Å². The Morgan fingerprint density at radius 1 is 1.07 bits per heavy atom. The molecule has 0 aromatic heterocycles. The number of hydrogen-bond donors (Lipinski definition) is 2. The van der Waals surface area contributed by atoms with Crippen LogP contribution in [-0.4, -0.2) is 24.9 Å². The van der Waals surface area contributed by atoms with Crippen molar-refractivity contribution >= 4 is 35.1 Å². The van der Waals surface area contributed by atoms with Crippen molar-refractivity contribution in [3.8, 4) is 0 Å². The fourth-order valence-electron chi connectivity index (χ4n) is 2.73. The number of nitrogens with one attached hydrogen (secondary N) is 2. The second-order valence-corrected chi connectivity index (χ2v) is 7.14. The Morgan fingerprint density at radius 3 is 2.29 bits per heavy atom. The van der Waals surface area contributed by atoms with Crippen LogP contribution in [0.25, 0.3) is 0 Å². The van der Waals surface area contributed by atoms with Gasteiger partial charge in [-0.25, -0.2) is 0 Å². The molecule has 146 valence electrons. The van der Waals surface area contributed by atoms with Crippen LogP contribution in [-0.2, 0) is 14.3 Å². The van der Waals surface area contributed by atoms with Crippen LogP contribution < -0.4 is 10.6 Å². The van der Waals surface area contributed by atoms with E-state index in [-0.39, 0.29) is 24.2 Å². The van der Waals surface area contributed by atoms with Gasteiger partial charge in [0.25, 0.3) is 5.91 Å². The summed E-state index contributed by atoms with van der Waals surface area (Å²) in [7, 11) is 1.30. The number of methoxy groups -OCH3 is 1. The molecule has 0 bridgehead atoms. The first-order chi connectivity index (χ1) is 13.5. The molecule has 2 aromatic rings. The van der Waals surface area contributed by atoms with Gasteiger partial charge >= 0.3 is 5.97 Å². The largest absolute Gasteiger partial charge is 0.469 e. The number of carbonyl (C=O) groups is 3. The molecule has 28 heavy (non-hydrogen) atoms. The standard InChI is InChI=1S/C21H21ClN2O4/c1-28-19(25)12-18(13-4-8-16(22)9-5-13)24-21(27)15-6-10-17(11-7-15)23-20(26)14-2-3-14/h4-11,14,18H,2-3,12H2,1H3,(H,23,26)(H,24,27). The molecule has 6 nitrogen and oxygen atoms in total. The number of ether oxygens (including phenoxy) is 1. The minimum absolute atomic E-state index is 0.000593. The van der Waals surface area contributed by atoms with Crippen molar-refractivity contribution in [2.75, 3.05) is 12.4 Å². The van der Waals surface area contributed by atoms with Crippen LogP contribution in [0.1, 0.15) is 41.2 Å². The molecule has 2 amide bonds. The summed E-state index contributed by atoms with van der Waals surface area (Å²) in [5.41, 5.74) is 1.82. The lowest BCUT2D eigenvalue weighted by Gasteiger charge is -2.18. The zero-order valence-corrected chi connectivity index (χ0v) is 16.2. The third-order valence-corrected chi connectivity index (χ3v) is 4.79. The summed E-state index contributed by atoms with van der Waals surface area (Å²) in [5, 5.41) is 6.25. The van der Waals surface area contributed by atoms with Gasteiger partial charge in [0.1, 0.15) is 0 Å². The highest BCUT2D eigenvalue weighted by Crippen LogP contribution is 2.30. The van der Waals surface area contributed by atoms with Gasteiger partial charge in [0.05, 0.1) is 19.6 Å². The maximum atomic E-state index is 12.6. The number of benzene rings is 2. The van der Waals surface area contributed by atoms with Gasteiger partial charge in [-0.3, -0.25) is 14.4 Å². The SMILES string of the molecule is COC(=O)CC(NC(=O)c1ccc(NC(=O)C2CC2)cc1)c1ccc(Cl)cc1. The molecule has 1 fully saturated rings. The van der Waals surface area contributed by atoms with E-state index >= 15 is 0 Å². The highest BCUT2D eigenvalue weighted by atomic mass is 35.5. The van der Waals surface area contributed by atoms with Crippen molar-refractivity contribution in [1.82, 2.24) is 5.32 Å². The van der Waals surface area contributed by atoms with Gasteiger partial charge in [-0.2, -0.15) is 0 Å². The first kappa shape index (κ1) is 19.9. The van der Waals surface area contributed by atoms with Crippen LogP contribution in [0, 0.1) is 5.92 Å².